The molecule has 1 aliphatic rings. The lowest BCUT2D eigenvalue weighted by Gasteiger charge is -2.28. The number of hydrogen-bond donors (Lipinski definition) is 1. The molecule has 0 radical (unpaired) electrons. The molecule has 0 atom stereocenters. The molecule has 1 amide bonds. The predicted molar refractivity (Wildman–Crippen MR) is 98.7 cm³/mol. The molecule has 26 heavy (non-hydrogen) atoms. The molecule has 1 fully saturated rings. The van der Waals surface area contributed by atoms with E-state index in [0.29, 0.717) is 41.5 Å². The Balaban J connectivity index is 1.81. The second kappa shape index (κ2) is 6.76. The molecule has 0 unspecified atom stereocenters. The molecule has 134 valence electrons. The molecule has 3 heterocycles. The van der Waals surface area contributed by atoms with E-state index in [0.717, 1.165) is 24.6 Å². The van der Waals surface area contributed by atoms with Crippen molar-refractivity contribution in [2.24, 2.45) is 0 Å². The molecule has 1 saturated heterocycles. The molecule has 1 aliphatic heterocycles. The maximum atomic E-state index is 13.0. The summed E-state index contributed by atoms with van der Waals surface area (Å²) < 4.78 is 11.2. The molecule has 1 aromatic carbocycles. The highest BCUT2D eigenvalue weighted by Crippen LogP contribution is 2.32. The van der Waals surface area contributed by atoms with E-state index in [4.69, 9.17) is 9.15 Å². The molecule has 0 saturated carbocycles. The molecule has 2 aromatic heterocycles. The van der Waals surface area contributed by atoms with Crippen molar-refractivity contribution in [1.29, 1.82) is 0 Å². The number of para-hydroxylation sites is 1. The minimum Gasteiger partial charge on any atom is -0.442 e. The number of aromatic nitrogens is 2. The van der Waals surface area contributed by atoms with E-state index in [1.54, 1.807) is 6.92 Å². The highest BCUT2D eigenvalue weighted by Gasteiger charge is 2.26. The molecule has 0 spiro atoms. The van der Waals surface area contributed by atoms with Gasteiger partial charge in [0.1, 0.15) is 17.4 Å². The van der Waals surface area contributed by atoms with Crippen LogP contribution in [0.2, 0.25) is 0 Å². The number of rotatable bonds is 3. The number of nitrogens with one attached hydrogen (secondary N) is 1. The van der Waals surface area contributed by atoms with Crippen LogP contribution in [0.4, 0.5) is 11.5 Å². The van der Waals surface area contributed by atoms with Crippen LogP contribution in [0.3, 0.4) is 0 Å². The van der Waals surface area contributed by atoms with Crippen LogP contribution in [0.25, 0.3) is 11.1 Å². The van der Waals surface area contributed by atoms with Gasteiger partial charge < -0.3 is 19.4 Å². The molecule has 0 bridgehead atoms. The monoisotopic (exact) mass is 352 g/mol. The number of amides is 1. The van der Waals surface area contributed by atoms with Gasteiger partial charge in [-0.1, -0.05) is 18.2 Å². The van der Waals surface area contributed by atoms with Gasteiger partial charge in [0.2, 0.25) is 5.71 Å². The van der Waals surface area contributed by atoms with Crippen molar-refractivity contribution in [1.82, 2.24) is 9.97 Å². The van der Waals surface area contributed by atoms with Crippen LogP contribution in [0.1, 0.15) is 21.9 Å². The van der Waals surface area contributed by atoms with Crippen molar-refractivity contribution in [3.8, 4) is 0 Å². The lowest BCUT2D eigenvalue weighted by molar-refractivity contribution is 0.102. The Morgan fingerprint density at radius 2 is 1.85 bits per heavy atom. The average molecular weight is 352 g/mol. The number of aryl methyl sites for hydroxylation is 2. The van der Waals surface area contributed by atoms with Gasteiger partial charge in [-0.2, -0.15) is 4.98 Å². The smallest absolute Gasteiger partial charge is 0.260 e. The number of fused-ring (bicyclic) bond motifs is 1. The van der Waals surface area contributed by atoms with Crippen molar-refractivity contribution in [2.75, 3.05) is 36.5 Å². The largest absolute Gasteiger partial charge is 0.442 e. The first-order chi connectivity index (χ1) is 12.6. The Morgan fingerprint density at radius 1 is 1.12 bits per heavy atom. The summed E-state index contributed by atoms with van der Waals surface area (Å²) in [7, 11) is 0. The van der Waals surface area contributed by atoms with Crippen LogP contribution in [0.5, 0.6) is 0 Å². The number of carbonyl (C=O) groups excluding carboxylic acids is 1. The topological polar surface area (TPSA) is 80.5 Å². The van der Waals surface area contributed by atoms with Crippen LogP contribution >= 0.6 is 0 Å². The highest BCUT2D eigenvalue weighted by molar-refractivity contribution is 6.15. The Labute approximate surface area is 151 Å². The lowest BCUT2D eigenvalue weighted by atomic mass is 10.1. The first-order valence-electron chi connectivity index (χ1n) is 8.60. The molecule has 0 aliphatic carbocycles. The summed E-state index contributed by atoms with van der Waals surface area (Å²) in [5.41, 5.74) is 1.65. The summed E-state index contributed by atoms with van der Waals surface area (Å²) in [5, 5.41) is 3.58. The van der Waals surface area contributed by atoms with Gasteiger partial charge in [0.15, 0.2) is 0 Å². The van der Waals surface area contributed by atoms with E-state index in [9.17, 15) is 4.79 Å². The zero-order valence-corrected chi connectivity index (χ0v) is 14.8. The minimum absolute atomic E-state index is 0.227. The summed E-state index contributed by atoms with van der Waals surface area (Å²) in [6, 6.07) is 9.35. The van der Waals surface area contributed by atoms with Crippen LogP contribution in [-0.2, 0) is 4.74 Å². The number of furan rings is 1. The molecule has 4 rings (SSSR count). The van der Waals surface area contributed by atoms with Gasteiger partial charge in [-0.05, 0) is 26.0 Å². The number of morpholine rings is 1. The summed E-state index contributed by atoms with van der Waals surface area (Å²) in [6.45, 7) is 6.30. The zero-order valence-electron chi connectivity index (χ0n) is 14.8. The highest BCUT2D eigenvalue weighted by atomic mass is 16.5. The molecule has 7 heteroatoms. The molecular weight excluding hydrogens is 332 g/mol. The maximum absolute atomic E-state index is 13.0. The minimum atomic E-state index is -0.227. The van der Waals surface area contributed by atoms with Crippen LogP contribution in [-0.4, -0.2) is 42.2 Å². The second-order valence-corrected chi connectivity index (χ2v) is 6.23. The zero-order chi connectivity index (χ0) is 18.1. The molecule has 3 aromatic rings. The van der Waals surface area contributed by atoms with Crippen molar-refractivity contribution in [3.63, 3.8) is 0 Å². The van der Waals surface area contributed by atoms with Gasteiger partial charge in [-0.25, -0.2) is 4.98 Å². The quantitative estimate of drug-likeness (QED) is 0.781. The lowest BCUT2D eigenvalue weighted by Crippen LogP contribution is -2.37. The van der Waals surface area contributed by atoms with Gasteiger partial charge in [0, 0.05) is 18.8 Å². The standard InChI is InChI=1S/C19H20N4O3/c1-12-15(18(24)22-14-6-4-3-5-7-14)16-17(23-8-10-25-11-9-23)20-13(2)21-19(16)26-12/h3-7H,8-11H2,1-2H3,(H,22,24). The van der Waals surface area contributed by atoms with E-state index in [1.165, 1.54) is 0 Å². The third-order valence-corrected chi connectivity index (χ3v) is 4.39. The average Bonchev–Trinajstić information content (AvgIpc) is 2.98. The molecular formula is C19H20N4O3. The summed E-state index contributed by atoms with van der Waals surface area (Å²) in [5.74, 6) is 1.64. The number of nitrogens with zero attached hydrogens (tertiary/aromatic N) is 3. The maximum Gasteiger partial charge on any atom is 0.260 e. The van der Waals surface area contributed by atoms with Crippen LogP contribution < -0.4 is 10.2 Å². The molecule has 1 N–H and O–H groups in total. The SMILES string of the molecule is Cc1nc(N2CCOCC2)c2c(C(=O)Nc3ccccc3)c(C)oc2n1. The van der Waals surface area contributed by atoms with E-state index < -0.39 is 0 Å². The Hall–Kier alpha value is -2.93. The first kappa shape index (κ1) is 16.5. The second-order valence-electron chi connectivity index (χ2n) is 6.23. The first-order valence-corrected chi connectivity index (χ1v) is 8.60. The molecule has 7 nitrogen and oxygen atoms in total. The van der Waals surface area contributed by atoms with Gasteiger partial charge >= 0.3 is 0 Å². The number of carbonyl (C=O) groups is 1. The number of anilines is 2. The van der Waals surface area contributed by atoms with Gasteiger partial charge in [-0.3, -0.25) is 4.79 Å². The fourth-order valence-electron chi connectivity index (χ4n) is 3.19. The normalized spacial score (nSPS) is 14.6. The third kappa shape index (κ3) is 3.01. The number of ether oxygens (including phenoxy) is 1. The third-order valence-electron chi connectivity index (χ3n) is 4.39. The Morgan fingerprint density at radius 3 is 2.58 bits per heavy atom. The van der Waals surface area contributed by atoms with Gasteiger partial charge in [0.25, 0.3) is 5.91 Å². The van der Waals surface area contributed by atoms with Gasteiger partial charge in [-0.15, -0.1) is 0 Å². The summed E-state index contributed by atoms with van der Waals surface area (Å²) in [4.78, 5) is 24.1. The van der Waals surface area contributed by atoms with Gasteiger partial charge in [0.05, 0.1) is 24.2 Å². The Kier molecular flexibility index (Phi) is 4.30. The fourth-order valence-corrected chi connectivity index (χ4v) is 3.19. The summed E-state index contributed by atoms with van der Waals surface area (Å²) >= 11 is 0. The Bertz CT molecular complexity index is 946. The number of benzene rings is 1. The van der Waals surface area contributed by atoms with Crippen molar-refractivity contribution >= 4 is 28.5 Å². The number of hydrogen-bond acceptors (Lipinski definition) is 6. The van der Waals surface area contributed by atoms with E-state index >= 15 is 0 Å². The summed E-state index contributed by atoms with van der Waals surface area (Å²) in [6.07, 6.45) is 0. The van der Waals surface area contributed by atoms with E-state index in [-0.39, 0.29) is 5.91 Å². The van der Waals surface area contributed by atoms with Crippen LogP contribution in [0.15, 0.2) is 34.7 Å². The fraction of sp³-hybridized carbons (Fsp3) is 0.316. The van der Waals surface area contributed by atoms with E-state index in [1.807, 2.05) is 37.3 Å². The van der Waals surface area contributed by atoms with Crippen molar-refractivity contribution in [2.45, 2.75) is 13.8 Å². The van der Waals surface area contributed by atoms with Crippen LogP contribution in [0, 0.1) is 13.8 Å². The van der Waals surface area contributed by atoms with Crippen molar-refractivity contribution in [3.05, 3.63) is 47.5 Å². The predicted octanol–water partition coefficient (Wildman–Crippen LogP) is 2.93. The van der Waals surface area contributed by atoms with E-state index in [2.05, 4.69) is 20.2 Å². The van der Waals surface area contributed by atoms with Crippen molar-refractivity contribution < 1.29 is 13.9 Å².